The predicted molar refractivity (Wildman–Crippen MR) is 132 cm³/mol. The molecule has 0 atom stereocenters. The van der Waals surface area contributed by atoms with Gasteiger partial charge in [-0.3, -0.25) is 0 Å². The van der Waals surface area contributed by atoms with E-state index in [0.29, 0.717) is 18.1 Å². The van der Waals surface area contributed by atoms with Gasteiger partial charge in [0.15, 0.2) is 0 Å². The number of ether oxygens (including phenoxy) is 1. The molecule has 1 aliphatic rings. The molecule has 0 saturated carbocycles. The van der Waals surface area contributed by atoms with Crippen LogP contribution in [0, 0.1) is 5.92 Å². The molecule has 0 bridgehead atoms. The van der Waals surface area contributed by atoms with Gasteiger partial charge in [0.1, 0.15) is 5.60 Å². The molecule has 1 aliphatic heterocycles. The van der Waals surface area contributed by atoms with Crippen molar-refractivity contribution in [2.45, 2.75) is 46.1 Å². The molecule has 170 valence electrons. The Hall–Kier alpha value is -2.79. The van der Waals surface area contributed by atoms with Gasteiger partial charge in [0, 0.05) is 35.3 Å². The number of hydrogen-bond acceptors (Lipinski definition) is 4. The van der Waals surface area contributed by atoms with Crippen molar-refractivity contribution in [3.05, 3.63) is 76.5 Å². The Bertz CT molecular complexity index is 984. The molecule has 0 aliphatic carbocycles. The van der Waals surface area contributed by atoms with Gasteiger partial charge in [-0.1, -0.05) is 41.9 Å². The van der Waals surface area contributed by atoms with Crippen LogP contribution in [0.4, 0.5) is 10.5 Å². The highest BCUT2D eigenvalue weighted by atomic mass is 35.5. The molecule has 0 spiro atoms. The van der Waals surface area contributed by atoms with E-state index in [1.54, 1.807) is 4.90 Å². The minimum atomic E-state index is -0.495. The van der Waals surface area contributed by atoms with E-state index in [9.17, 15) is 4.79 Å². The van der Waals surface area contributed by atoms with E-state index in [2.05, 4.69) is 0 Å². The first-order valence-corrected chi connectivity index (χ1v) is 11.4. The van der Waals surface area contributed by atoms with E-state index in [1.807, 2.05) is 82.3 Å². The van der Waals surface area contributed by atoms with Crippen LogP contribution in [-0.4, -0.2) is 35.4 Å². The summed E-state index contributed by atoms with van der Waals surface area (Å²) in [5.41, 5.74) is 10.6. The fourth-order valence-electron chi connectivity index (χ4n) is 3.75. The number of allylic oxidation sites excluding steroid dienone is 2. The lowest BCUT2D eigenvalue weighted by atomic mass is 9.89. The van der Waals surface area contributed by atoms with Gasteiger partial charge in [0.2, 0.25) is 0 Å². The van der Waals surface area contributed by atoms with Crippen LogP contribution in [0.2, 0.25) is 5.02 Å². The second kappa shape index (κ2) is 10.2. The van der Waals surface area contributed by atoms with E-state index in [0.717, 1.165) is 41.1 Å². The zero-order valence-electron chi connectivity index (χ0n) is 19.3. The predicted octanol–water partition coefficient (Wildman–Crippen LogP) is 6.34. The zero-order valence-corrected chi connectivity index (χ0v) is 20.0. The number of piperidine rings is 1. The second-order valence-electron chi connectivity index (χ2n) is 9.12. The Morgan fingerprint density at radius 2 is 1.66 bits per heavy atom. The van der Waals surface area contributed by atoms with E-state index in [4.69, 9.17) is 27.1 Å². The summed E-state index contributed by atoms with van der Waals surface area (Å²) in [6.07, 6.45) is 1.33. The van der Waals surface area contributed by atoms with E-state index in [1.165, 1.54) is 0 Å². The summed E-state index contributed by atoms with van der Waals surface area (Å²) in [7, 11) is 0. The Morgan fingerprint density at radius 1 is 1.06 bits per heavy atom. The molecule has 6 heteroatoms. The number of carbonyl (C=O) groups excluding carboxylic acids is 1. The number of amides is 1. The Balaban J connectivity index is 1.83. The largest absolute Gasteiger partial charge is 0.444 e. The van der Waals surface area contributed by atoms with Crippen LogP contribution in [-0.2, 0) is 4.74 Å². The van der Waals surface area contributed by atoms with Crippen LogP contribution in [0.5, 0.6) is 0 Å². The van der Waals surface area contributed by atoms with Gasteiger partial charge >= 0.3 is 6.09 Å². The first-order valence-electron chi connectivity index (χ1n) is 11.0. The van der Waals surface area contributed by atoms with E-state index < -0.39 is 5.60 Å². The number of likely N-dealkylation sites (tertiary alicyclic amines) is 1. The quantitative estimate of drug-likeness (QED) is 0.549. The molecule has 1 amide bonds. The van der Waals surface area contributed by atoms with Crippen molar-refractivity contribution >= 4 is 29.1 Å². The number of para-hydroxylation sites is 1. The lowest BCUT2D eigenvalue weighted by Gasteiger charge is -2.34. The summed E-state index contributed by atoms with van der Waals surface area (Å²) in [6, 6.07) is 17.5. The van der Waals surface area contributed by atoms with Crippen molar-refractivity contribution in [3.8, 4) is 0 Å². The third-order valence-electron chi connectivity index (χ3n) is 5.49. The maximum absolute atomic E-state index is 12.4. The van der Waals surface area contributed by atoms with Crippen LogP contribution >= 0.6 is 11.6 Å². The summed E-state index contributed by atoms with van der Waals surface area (Å²) in [6.45, 7) is 8.91. The topological polar surface area (TPSA) is 67.9 Å². The minimum absolute atomic E-state index is 0.182. The highest BCUT2D eigenvalue weighted by Gasteiger charge is 2.28. The highest BCUT2D eigenvalue weighted by Crippen LogP contribution is 2.28. The number of nitrogens with zero attached hydrogens (tertiary/aromatic N) is 2. The van der Waals surface area contributed by atoms with Gasteiger partial charge in [-0.2, -0.15) is 0 Å². The number of rotatable bonds is 4. The van der Waals surface area contributed by atoms with Crippen molar-refractivity contribution in [1.82, 2.24) is 4.90 Å². The molecule has 2 aromatic carbocycles. The van der Waals surface area contributed by atoms with Crippen LogP contribution < -0.4 is 5.73 Å². The second-order valence-corrected chi connectivity index (χ2v) is 9.56. The van der Waals surface area contributed by atoms with Crippen molar-refractivity contribution in [3.63, 3.8) is 0 Å². The van der Waals surface area contributed by atoms with Crippen molar-refractivity contribution in [2.75, 3.05) is 13.1 Å². The van der Waals surface area contributed by atoms with Crippen molar-refractivity contribution in [1.29, 1.82) is 0 Å². The number of hydrogen-bond donors (Lipinski definition) is 1. The smallest absolute Gasteiger partial charge is 0.410 e. The van der Waals surface area contributed by atoms with Gasteiger partial charge in [-0.15, -0.1) is 0 Å². The third-order valence-corrected chi connectivity index (χ3v) is 5.74. The molecule has 1 heterocycles. The zero-order chi connectivity index (χ0) is 23.3. The number of aliphatic imine (C=N–C) groups is 1. The Kier molecular flexibility index (Phi) is 7.62. The number of nitrogens with two attached hydrogens (primary N) is 1. The highest BCUT2D eigenvalue weighted by molar-refractivity contribution is 6.30. The lowest BCUT2D eigenvalue weighted by molar-refractivity contribution is 0.0194. The van der Waals surface area contributed by atoms with Gasteiger partial charge < -0.3 is 15.4 Å². The van der Waals surface area contributed by atoms with Crippen LogP contribution in [0.25, 0.3) is 0 Å². The summed E-state index contributed by atoms with van der Waals surface area (Å²) >= 11 is 6.10. The molecule has 2 aromatic rings. The van der Waals surface area contributed by atoms with Crippen molar-refractivity contribution in [2.24, 2.45) is 16.6 Å². The van der Waals surface area contributed by atoms with Crippen LogP contribution in [0.15, 0.2) is 70.9 Å². The Labute approximate surface area is 195 Å². The summed E-state index contributed by atoms with van der Waals surface area (Å²) in [5, 5.41) is 0.678. The number of carbonyl (C=O) groups is 1. The summed E-state index contributed by atoms with van der Waals surface area (Å²) < 4.78 is 5.51. The molecule has 2 N–H and O–H groups in total. The van der Waals surface area contributed by atoms with E-state index in [-0.39, 0.29) is 12.0 Å². The molecule has 1 fully saturated rings. The molecule has 1 saturated heterocycles. The normalized spacial score (nSPS) is 16.5. The lowest BCUT2D eigenvalue weighted by Crippen LogP contribution is -2.42. The SMILES string of the molecule is C/C(C(=Nc1ccccc1)c1ccc(Cl)cc1)=C(/N)C1CCN(C(=O)OC(C)(C)C)CC1. The molecular weight excluding hydrogens is 422 g/mol. The first kappa shape index (κ1) is 23.9. The van der Waals surface area contributed by atoms with Crippen LogP contribution in [0.3, 0.4) is 0 Å². The molecule has 0 unspecified atom stereocenters. The van der Waals surface area contributed by atoms with Gasteiger partial charge in [-0.25, -0.2) is 9.79 Å². The molecule has 3 rings (SSSR count). The standard InChI is InChI=1S/C26H32ClN3O2/c1-18(23(28)19-14-16-30(17-15-19)25(31)32-26(2,3)4)24(20-10-12-21(27)13-11-20)29-22-8-6-5-7-9-22/h5-13,19H,14-17,28H2,1-4H3/b23-18-,29-24?. The summed E-state index contributed by atoms with van der Waals surface area (Å²) in [5.74, 6) is 0.182. The third kappa shape index (κ3) is 6.36. The average molecular weight is 454 g/mol. The molecule has 32 heavy (non-hydrogen) atoms. The number of halogens is 1. The Morgan fingerprint density at radius 3 is 2.22 bits per heavy atom. The molecule has 5 nitrogen and oxygen atoms in total. The molecule has 0 radical (unpaired) electrons. The summed E-state index contributed by atoms with van der Waals surface area (Å²) in [4.78, 5) is 19.1. The van der Waals surface area contributed by atoms with E-state index >= 15 is 0 Å². The maximum Gasteiger partial charge on any atom is 0.410 e. The van der Waals surface area contributed by atoms with Crippen molar-refractivity contribution < 1.29 is 9.53 Å². The average Bonchev–Trinajstić information content (AvgIpc) is 2.77. The fraction of sp³-hybridized carbons (Fsp3) is 0.385. The van der Waals surface area contributed by atoms with Crippen LogP contribution in [0.1, 0.15) is 46.1 Å². The molecule has 0 aromatic heterocycles. The first-order chi connectivity index (χ1) is 15.1. The van der Waals surface area contributed by atoms with Gasteiger partial charge in [0.05, 0.1) is 11.4 Å². The monoisotopic (exact) mass is 453 g/mol. The number of benzene rings is 2. The van der Waals surface area contributed by atoms with Gasteiger partial charge in [0.25, 0.3) is 0 Å². The fourth-order valence-corrected chi connectivity index (χ4v) is 3.87. The van der Waals surface area contributed by atoms with Gasteiger partial charge in [-0.05, 0) is 70.4 Å². The molecular formula is C26H32ClN3O2. The maximum atomic E-state index is 12.4. The minimum Gasteiger partial charge on any atom is -0.444 e.